The Labute approximate surface area is 329 Å². The van der Waals surface area contributed by atoms with Crippen molar-refractivity contribution in [3.8, 4) is 23.0 Å². The summed E-state index contributed by atoms with van der Waals surface area (Å²) < 4.78 is 11.1. The highest BCUT2D eigenvalue weighted by Crippen LogP contribution is 2.50. The molecule has 5 nitrogen and oxygen atoms in total. The Bertz CT molecular complexity index is 2750. The van der Waals surface area contributed by atoms with Gasteiger partial charge < -0.3 is 4.74 Å². The van der Waals surface area contributed by atoms with Crippen LogP contribution in [0.15, 0.2) is 146 Å². The minimum atomic E-state index is 0.000716. The summed E-state index contributed by atoms with van der Waals surface area (Å²) in [5.41, 5.74) is 13.1. The van der Waals surface area contributed by atoms with Gasteiger partial charge in [-0.15, -0.1) is 0 Å². The third-order valence-corrected chi connectivity index (χ3v) is 11.6. The molecule has 0 N–H and O–H groups in total. The fraction of sp³-hybridized carbons (Fsp3) is 0.216. The van der Waals surface area contributed by atoms with E-state index in [1.54, 1.807) is 0 Å². The monoisotopic (exact) mass is 732 g/mol. The quantitative estimate of drug-likeness (QED) is 0.164. The van der Waals surface area contributed by atoms with Crippen molar-refractivity contribution in [2.75, 3.05) is 0 Å². The molecule has 1 aliphatic rings. The van der Waals surface area contributed by atoms with Gasteiger partial charge in [-0.3, -0.25) is 4.57 Å². The zero-order valence-electron chi connectivity index (χ0n) is 33.1. The molecule has 0 unspecified atom stereocenters. The van der Waals surface area contributed by atoms with Crippen molar-refractivity contribution in [3.63, 3.8) is 0 Å². The summed E-state index contributed by atoms with van der Waals surface area (Å²) in [5, 5.41) is 7.61. The Hall–Kier alpha value is -6.20. The maximum atomic E-state index is 6.75. The summed E-state index contributed by atoms with van der Waals surface area (Å²) in [6.07, 6.45) is 6.53. The normalized spacial score (nSPS) is 16.0. The van der Waals surface area contributed by atoms with Crippen LogP contribution < -0.4 is 4.74 Å². The standard InChI is InChI=1S/C51H48N4O/c1-33-28-39(55-35(3)49(34(2)53-55)50-42(36-16-9-7-10-17-36)21-15-22-43(50)37-18-11-8-12-19-37)31-41(29-33)56-40-24-25-45-44-20-13-14-23-46(44)54(47(45)32-40)48-30-38(26-27-52-48)51(4,5)6/h7-14,16-21,23-32,43,50H,15,22H2,1-6H3/t43-,50-/m1/s1. The maximum absolute atomic E-state index is 6.75. The average molecular weight is 733 g/mol. The molecule has 0 radical (unpaired) electrons. The van der Waals surface area contributed by atoms with E-state index in [0.29, 0.717) is 5.92 Å². The molecular weight excluding hydrogens is 685 g/mol. The molecule has 5 heteroatoms. The zero-order valence-corrected chi connectivity index (χ0v) is 33.1. The van der Waals surface area contributed by atoms with Gasteiger partial charge in [-0.25, -0.2) is 9.67 Å². The fourth-order valence-electron chi connectivity index (χ4n) is 8.94. The predicted octanol–water partition coefficient (Wildman–Crippen LogP) is 13.1. The Balaban J connectivity index is 1.11. The molecule has 0 fully saturated rings. The number of hydrogen-bond acceptors (Lipinski definition) is 3. The molecule has 9 rings (SSSR count). The summed E-state index contributed by atoms with van der Waals surface area (Å²) in [4.78, 5) is 4.87. The minimum Gasteiger partial charge on any atom is -0.457 e. The molecule has 3 heterocycles. The molecule has 8 aromatic rings. The lowest BCUT2D eigenvalue weighted by molar-refractivity contribution is 0.482. The van der Waals surface area contributed by atoms with E-state index < -0.39 is 0 Å². The second-order valence-corrected chi connectivity index (χ2v) is 16.4. The van der Waals surface area contributed by atoms with Crippen LogP contribution in [-0.4, -0.2) is 19.3 Å². The van der Waals surface area contributed by atoms with Gasteiger partial charge >= 0.3 is 0 Å². The number of pyridine rings is 1. The number of aryl methyl sites for hydroxylation is 2. The molecule has 3 aromatic heterocycles. The number of nitrogens with zero attached hydrogens (tertiary/aromatic N) is 4. The molecule has 2 atom stereocenters. The van der Waals surface area contributed by atoms with Crippen LogP contribution in [0.3, 0.4) is 0 Å². The largest absolute Gasteiger partial charge is 0.457 e. The van der Waals surface area contributed by atoms with Gasteiger partial charge in [0.1, 0.15) is 17.3 Å². The van der Waals surface area contributed by atoms with E-state index in [0.717, 1.165) is 69.2 Å². The number of benzene rings is 5. The highest BCUT2D eigenvalue weighted by molar-refractivity contribution is 6.09. The van der Waals surface area contributed by atoms with Gasteiger partial charge in [-0.1, -0.05) is 106 Å². The van der Waals surface area contributed by atoms with Gasteiger partial charge in [-0.05, 0) is 115 Å². The van der Waals surface area contributed by atoms with E-state index in [9.17, 15) is 0 Å². The Morgan fingerprint density at radius 3 is 2.21 bits per heavy atom. The SMILES string of the molecule is Cc1cc(Oc2ccc3c4ccccc4n(-c4cc(C(C)(C)C)ccn4)c3c2)cc(-n2nc(C)c([C@@H]3C(c4ccccc4)=CCC[C@@H]3c3ccccc3)c2C)c1. The summed E-state index contributed by atoms with van der Waals surface area (Å²) in [6, 6.07) is 47.6. The first-order valence-corrected chi connectivity index (χ1v) is 19.8. The molecule has 0 bridgehead atoms. The number of rotatable bonds is 7. The van der Waals surface area contributed by atoms with E-state index in [-0.39, 0.29) is 11.3 Å². The fourth-order valence-corrected chi connectivity index (χ4v) is 8.94. The summed E-state index contributed by atoms with van der Waals surface area (Å²) >= 11 is 0. The Morgan fingerprint density at radius 2 is 1.43 bits per heavy atom. The van der Waals surface area contributed by atoms with Crippen LogP contribution in [0.1, 0.15) is 84.7 Å². The van der Waals surface area contributed by atoms with E-state index in [4.69, 9.17) is 14.8 Å². The van der Waals surface area contributed by atoms with Crippen LogP contribution in [0.4, 0.5) is 0 Å². The number of para-hydroxylation sites is 1. The van der Waals surface area contributed by atoms with Crippen molar-refractivity contribution in [1.82, 2.24) is 19.3 Å². The first-order chi connectivity index (χ1) is 27.1. The smallest absolute Gasteiger partial charge is 0.137 e. The van der Waals surface area contributed by atoms with Crippen LogP contribution in [0.25, 0.3) is 38.9 Å². The maximum Gasteiger partial charge on any atom is 0.137 e. The second kappa shape index (κ2) is 14.1. The Kier molecular flexibility index (Phi) is 8.96. The van der Waals surface area contributed by atoms with Gasteiger partial charge in [-0.2, -0.15) is 5.10 Å². The summed E-state index contributed by atoms with van der Waals surface area (Å²) in [6.45, 7) is 13.2. The van der Waals surface area contributed by atoms with Crippen molar-refractivity contribution < 1.29 is 4.74 Å². The van der Waals surface area contributed by atoms with Gasteiger partial charge in [0.25, 0.3) is 0 Å². The second-order valence-electron chi connectivity index (χ2n) is 16.4. The number of hydrogen-bond donors (Lipinski definition) is 0. The van der Waals surface area contributed by atoms with Crippen LogP contribution in [0.5, 0.6) is 11.5 Å². The number of allylic oxidation sites excluding steroid dienone is 2. The zero-order chi connectivity index (χ0) is 38.6. The lowest BCUT2D eigenvalue weighted by atomic mass is 9.69. The molecule has 0 spiro atoms. The van der Waals surface area contributed by atoms with Crippen LogP contribution in [0, 0.1) is 20.8 Å². The van der Waals surface area contributed by atoms with E-state index in [1.807, 2.05) is 6.20 Å². The molecule has 0 aliphatic heterocycles. The van der Waals surface area contributed by atoms with Gasteiger partial charge in [0.15, 0.2) is 0 Å². The third-order valence-electron chi connectivity index (χ3n) is 11.6. The molecule has 5 aromatic carbocycles. The first-order valence-electron chi connectivity index (χ1n) is 19.8. The number of aromatic nitrogens is 4. The van der Waals surface area contributed by atoms with Crippen molar-refractivity contribution >= 4 is 27.4 Å². The van der Waals surface area contributed by atoms with E-state index in [2.05, 4.69) is 190 Å². The minimum absolute atomic E-state index is 0.000716. The van der Waals surface area contributed by atoms with Crippen molar-refractivity contribution in [2.24, 2.45) is 0 Å². The highest BCUT2D eigenvalue weighted by Gasteiger charge is 2.35. The van der Waals surface area contributed by atoms with Gasteiger partial charge in [0.05, 0.1) is 22.4 Å². The van der Waals surface area contributed by atoms with E-state index in [1.165, 1.54) is 33.2 Å². The number of fused-ring (bicyclic) bond motifs is 3. The lowest BCUT2D eigenvalue weighted by Gasteiger charge is -2.34. The first kappa shape index (κ1) is 35.5. The molecule has 0 amide bonds. The van der Waals surface area contributed by atoms with Crippen molar-refractivity contribution in [3.05, 3.63) is 185 Å². The van der Waals surface area contributed by atoms with Crippen molar-refractivity contribution in [1.29, 1.82) is 0 Å². The van der Waals surface area contributed by atoms with Crippen LogP contribution in [-0.2, 0) is 5.41 Å². The molecular formula is C51H48N4O. The summed E-state index contributed by atoms with van der Waals surface area (Å²) in [5.74, 6) is 2.97. The van der Waals surface area contributed by atoms with Gasteiger partial charge in [0, 0.05) is 46.3 Å². The van der Waals surface area contributed by atoms with Gasteiger partial charge in [0.2, 0.25) is 0 Å². The third kappa shape index (κ3) is 6.41. The highest BCUT2D eigenvalue weighted by atomic mass is 16.5. The Morgan fingerprint density at radius 1 is 0.696 bits per heavy atom. The number of ether oxygens (including phenoxy) is 1. The molecule has 0 saturated carbocycles. The topological polar surface area (TPSA) is 44.9 Å². The molecule has 1 aliphatic carbocycles. The molecule has 56 heavy (non-hydrogen) atoms. The van der Waals surface area contributed by atoms with Crippen LogP contribution in [0.2, 0.25) is 0 Å². The van der Waals surface area contributed by atoms with Crippen LogP contribution >= 0.6 is 0 Å². The lowest BCUT2D eigenvalue weighted by Crippen LogP contribution is -2.18. The van der Waals surface area contributed by atoms with Crippen molar-refractivity contribution in [2.45, 2.75) is 71.6 Å². The van der Waals surface area contributed by atoms with E-state index >= 15 is 0 Å². The summed E-state index contributed by atoms with van der Waals surface area (Å²) in [7, 11) is 0. The average Bonchev–Trinajstić information content (AvgIpc) is 3.70. The molecule has 278 valence electrons. The molecule has 0 saturated heterocycles. The predicted molar refractivity (Wildman–Crippen MR) is 231 cm³/mol.